The zero-order valence-electron chi connectivity index (χ0n) is 5.24. The molecule has 1 atom stereocenters. The van der Waals surface area contributed by atoms with Crippen molar-refractivity contribution in [3.05, 3.63) is 0 Å². The van der Waals surface area contributed by atoms with E-state index in [0.29, 0.717) is 11.3 Å². The first-order chi connectivity index (χ1) is 3.18. The van der Waals surface area contributed by atoms with Gasteiger partial charge in [-0.15, -0.1) is 11.6 Å². The standard InChI is InChI=1S/C6H13Cl/c1-4-6(7)5(2)3/h5-6H,4H2,1-3H3/t6-/m0/s1. The SMILES string of the molecule is CC[C@H](Cl)C(C)C. The van der Waals surface area contributed by atoms with Gasteiger partial charge in [0.05, 0.1) is 0 Å². The Kier molecular flexibility index (Phi) is 3.45. The van der Waals surface area contributed by atoms with E-state index in [1.165, 1.54) is 0 Å². The van der Waals surface area contributed by atoms with E-state index < -0.39 is 0 Å². The summed E-state index contributed by atoms with van der Waals surface area (Å²) < 4.78 is 0. The molecule has 0 N–H and O–H groups in total. The van der Waals surface area contributed by atoms with Crippen molar-refractivity contribution in [2.24, 2.45) is 5.92 Å². The molecule has 0 amide bonds. The second-order valence-electron chi connectivity index (χ2n) is 2.17. The molecule has 0 unspecified atom stereocenters. The highest BCUT2D eigenvalue weighted by Crippen LogP contribution is 2.11. The van der Waals surface area contributed by atoms with Crippen LogP contribution in [0.5, 0.6) is 0 Å². The van der Waals surface area contributed by atoms with Crippen LogP contribution < -0.4 is 0 Å². The quantitative estimate of drug-likeness (QED) is 0.492. The molecule has 0 bridgehead atoms. The van der Waals surface area contributed by atoms with Gasteiger partial charge in [0.15, 0.2) is 0 Å². The Bertz CT molecular complexity index is 41.4. The molecule has 0 aromatic heterocycles. The molecule has 0 aliphatic heterocycles. The summed E-state index contributed by atoms with van der Waals surface area (Å²) in [5, 5.41) is 0.375. The Balaban J connectivity index is 3.14. The summed E-state index contributed by atoms with van der Waals surface area (Å²) in [5.74, 6) is 0.631. The van der Waals surface area contributed by atoms with E-state index in [0.717, 1.165) is 6.42 Å². The van der Waals surface area contributed by atoms with Crippen LogP contribution in [0.4, 0.5) is 0 Å². The summed E-state index contributed by atoms with van der Waals surface area (Å²) in [4.78, 5) is 0. The second-order valence-corrected chi connectivity index (χ2v) is 2.73. The summed E-state index contributed by atoms with van der Waals surface area (Å²) in [7, 11) is 0. The zero-order chi connectivity index (χ0) is 5.86. The number of hydrogen-bond acceptors (Lipinski definition) is 0. The van der Waals surface area contributed by atoms with E-state index in [9.17, 15) is 0 Å². The Morgan fingerprint density at radius 1 is 1.43 bits per heavy atom. The minimum Gasteiger partial charge on any atom is -0.123 e. The van der Waals surface area contributed by atoms with E-state index in [-0.39, 0.29) is 0 Å². The van der Waals surface area contributed by atoms with Crippen LogP contribution in [0, 0.1) is 5.92 Å². The van der Waals surface area contributed by atoms with Crippen LogP contribution in [-0.2, 0) is 0 Å². The maximum absolute atomic E-state index is 5.80. The molecule has 0 aromatic rings. The molecule has 0 aliphatic rings. The van der Waals surface area contributed by atoms with Crippen LogP contribution in [0.15, 0.2) is 0 Å². The molecule has 0 heterocycles. The summed E-state index contributed by atoms with van der Waals surface area (Å²) in [5.41, 5.74) is 0. The molecule has 0 rings (SSSR count). The number of rotatable bonds is 2. The van der Waals surface area contributed by atoms with Crippen LogP contribution in [0.2, 0.25) is 0 Å². The lowest BCUT2D eigenvalue weighted by atomic mass is 10.1. The average Bonchev–Trinajstić information content (AvgIpc) is 1.65. The van der Waals surface area contributed by atoms with E-state index >= 15 is 0 Å². The van der Waals surface area contributed by atoms with Crippen molar-refractivity contribution in [2.75, 3.05) is 0 Å². The van der Waals surface area contributed by atoms with Gasteiger partial charge >= 0.3 is 0 Å². The zero-order valence-corrected chi connectivity index (χ0v) is 6.00. The fourth-order valence-corrected chi connectivity index (χ4v) is 0.471. The summed E-state index contributed by atoms with van der Waals surface area (Å²) in [6, 6.07) is 0. The Morgan fingerprint density at radius 3 is 1.86 bits per heavy atom. The molecule has 0 fully saturated rings. The van der Waals surface area contributed by atoms with Gasteiger partial charge in [-0.3, -0.25) is 0 Å². The van der Waals surface area contributed by atoms with Gasteiger partial charge in [-0.25, -0.2) is 0 Å². The Morgan fingerprint density at radius 2 is 1.86 bits per heavy atom. The van der Waals surface area contributed by atoms with Crippen LogP contribution in [0.1, 0.15) is 27.2 Å². The first-order valence-electron chi connectivity index (χ1n) is 2.82. The number of hydrogen-bond donors (Lipinski definition) is 0. The van der Waals surface area contributed by atoms with Crippen molar-refractivity contribution in [2.45, 2.75) is 32.6 Å². The smallest absolute Gasteiger partial charge is 0.0356 e. The van der Waals surface area contributed by atoms with Gasteiger partial charge in [0.2, 0.25) is 0 Å². The first-order valence-corrected chi connectivity index (χ1v) is 3.26. The third kappa shape index (κ3) is 2.93. The van der Waals surface area contributed by atoms with Crippen molar-refractivity contribution in [1.82, 2.24) is 0 Å². The van der Waals surface area contributed by atoms with E-state index in [2.05, 4.69) is 20.8 Å². The van der Waals surface area contributed by atoms with Gasteiger partial charge < -0.3 is 0 Å². The van der Waals surface area contributed by atoms with Crippen molar-refractivity contribution >= 4 is 11.6 Å². The lowest BCUT2D eigenvalue weighted by Gasteiger charge is -2.07. The normalized spacial score (nSPS) is 15.0. The van der Waals surface area contributed by atoms with E-state index in [4.69, 9.17) is 11.6 Å². The van der Waals surface area contributed by atoms with Gasteiger partial charge in [-0.2, -0.15) is 0 Å². The van der Waals surface area contributed by atoms with Crippen molar-refractivity contribution in [3.63, 3.8) is 0 Å². The second kappa shape index (κ2) is 3.31. The first kappa shape index (κ1) is 7.29. The lowest BCUT2D eigenvalue weighted by molar-refractivity contribution is 0.586. The van der Waals surface area contributed by atoms with Crippen LogP contribution >= 0.6 is 11.6 Å². The van der Waals surface area contributed by atoms with E-state index in [1.807, 2.05) is 0 Å². The van der Waals surface area contributed by atoms with Crippen molar-refractivity contribution < 1.29 is 0 Å². The average molecular weight is 121 g/mol. The molecule has 0 aromatic carbocycles. The maximum Gasteiger partial charge on any atom is 0.0356 e. The molecule has 0 saturated carbocycles. The molecule has 1 heteroatoms. The third-order valence-corrected chi connectivity index (χ3v) is 1.93. The highest BCUT2D eigenvalue weighted by Gasteiger charge is 2.03. The molecule has 0 spiro atoms. The predicted octanol–water partition coefficient (Wildman–Crippen LogP) is 2.66. The predicted molar refractivity (Wildman–Crippen MR) is 34.8 cm³/mol. The van der Waals surface area contributed by atoms with Gasteiger partial charge in [0.25, 0.3) is 0 Å². The van der Waals surface area contributed by atoms with Gasteiger partial charge in [0.1, 0.15) is 0 Å². The molecule has 0 radical (unpaired) electrons. The minimum atomic E-state index is 0.375. The highest BCUT2D eigenvalue weighted by molar-refractivity contribution is 6.20. The fourth-order valence-electron chi connectivity index (χ4n) is 0.471. The Hall–Kier alpha value is 0.290. The van der Waals surface area contributed by atoms with Crippen LogP contribution in [0.3, 0.4) is 0 Å². The lowest BCUT2D eigenvalue weighted by Crippen LogP contribution is -2.04. The Labute approximate surface area is 50.9 Å². The monoisotopic (exact) mass is 120 g/mol. The minimum absolute atomic E-state index is 0.375. The topological polar surface area (TPSA) is 0 Å². The highest BCUT2D eigenvalue weighted by atomic mass is 35.5. The molecule has 0 aliphatic carbocycles. The largest absolute Gasteiger partial charge is 0.123 e. The van der Waals surface area contributed by atoms with Crippen LogP contribution in [0.25, 0.3) is 0 Å². The summed E-state index contributed by atoms with van der Waals surface area (Å²) >= 11 is 5.80. The molecule has 0 saturated heterocycles. The van der Waals surface area contributed by atoms with Crippen molar-refractivity contribution in [1.29, 1.82) is 0 Å². The van der Waals surface area contributed by atoms with Gasteiger partial charge in [-0.1, -0.05) is 20.8 Å². The molecular formula is C6H13Cl. The number of alkyl halides is 1. The van der Waals surface area contributed by atoms with Gasteiger partial charge in [-0.05, 0) is 12.3 Å². The molecular weight excluding hydrogens is 108 g/mol. The van der Waals surface area contributed by atoms with Crippen molar-refractivity contribution in [3.8, 4) is 0 Å². The molecule has 0 nitrogen and oxygen atoms in total. The number of halogens is 1. The van der Waals surface area contributed by atoms with Gasteiger partial charge in [0, 0.05) is 5.38 Å². The van der Waals surface area contributed by atoms with E-state index in [1.54, 1.807) is 0 Å². The molecule has 7 heavy (non-hydrogen) atoms. The van der Waals surface area contributed by atoms with Crippen LogP contribution in [-0.4, -0.2) is 5.38 Å². The molecule has 44 valence electrons. The summed E-state index contributed by atoms with van der Waals surface area (Å²) in [6.07, 6.45) is 1.08. The fraction of sp³-hybridized carbons (Fsp3) is 1.00. The maximum atomic E-state index is 5.80. The summed E-state index contributed by atoms with van der Waals surface area (Å²) in [6.45, 7) is 6.39. The third-order valence-electron chi connectivity index (χ3n) is 1.11.